The van der Waals surface area contributed by atoms with E-state index >= 15 is 0 Å². The van der Waals surface area contributed by atoms with Gasteiger partial charge >= 0.3 is 0 Å². The predicted octanol–water partition coefficient (Wildman–Crippen LogP) is 2.62. The summed E-state index contributed by atoms with van der Waals surface area (Å²) >= 11 is 0. The van der Waals surface area contributed by atoms with E-state index in [1.54, 1.807) is 0 Å². The van der Waals surface area contributed by atoms with Crippen molar-refractivity contribution >= 4 is 5.91 Å². The third kappa shape index (κ3) is 4.05. The summed E-state index contributed by atoms with van der Waals surface area (Å²) in [6, 6.07) is 6.18. The number of amides is 1. The number of nitrogens with one attached hydrogen (secondary N) is 1. The van der Waals surface area contributed by atoms with E-state index < -0.39 is 0 Å². The minimum absolute atomic E-state index is 0.108. The van der Waals surface area contributed by atoms with E-state index in [0.29, 0.717) is 12.3 Å². The van der Waals surface area contributed by atoms with Crippen LogP contribution in [-0.4, -0.2) is 12.5 Å². The molecule has 0 fully saturated rings. The summed E-state index contributed by atoms with van der Waals surface area (Å²) < 4.78 is 0. The summed E-state index contributed by atoms with van der Waals surface area (Å²) in [7, 11) is 0. The molecule has 0 atom stereocenters. The van der Waals surface area contributed by atoms with Crippen molar-refractivity contribution in [1.82, 2.24) is 5.32 Å². The highest BCUT2D eigenvalue weighted by Crippen LogP contribution is 2.10. The molecule has 0 bridgehead atoms. The average molecular weight is 219 g/mol. The highest BCUT2D eigenvalue weighted by molar-refractivity contribution is 5.78. The molecule has 0 saturated carbocycles. The molecule has 1 aromatic rings. The standard InChI is InChI=1S/C14H21NO/c1-10(2)9-15-14(16)8-13-6-5-11(3)12(4)7-13/h5-7,10H,8-9H2,1-4H3,(H,15,16). The monoisotopic (exact) mass is 219 g/mol. The molecule has 0 aliphatic heterocycles. The van der Waals surface area contributed by atoms with E-state index in [2.05, 4.69) is 45.1 Å². The molecule has 1 amide bonds. The quantitative estimate of drug-likeness (QED) is 0.828. The molecule has 1 aromatic carbocycles. The van der Waals surface area contributed by atoms with Crippen molar-refractivity contribution in [1.29, 1.82) is 0 Å². The fourth-order valence-electron chi connectivity index (χ4n) is 1.48. The van der Waals surface area contributed by atoms with Crippen LogP contribution in [-0.2, 0) is 11.2 Å². The lowest BCUT2D eigenvalue weighted by Gasteiger charge is -2.08. The van der Waals surface area contributed by atoms with Gasteiger partial charge in [0.25, 0.3) is 0 Å². The molecule has 0 aliphatic carbocycles. The molecule has 0 saturated heterocycles. The Morgan fingerprint density at radius 1 is 1.25 bits per heavy atom. The Labute approximate surface area is 98.1 Å². The van der Waals surface area contributed by atoms with E-state index in [1.165, 1.54) is 11.1 Å². The van der Waals surface area contributed by atoms with Crippen molar-refractivity contribution in [3.8, 4) is 0 Å². The number of benzene rings is 1. The first-order valence-electron chi connectivity index (χ1n) is 5.82. The van der Waals surface area contributed by atoms with Crippen LogP contribution in [0.15, 0.2) is 18.2 Å². The topological polar surface area (TPSA) is 29.1 Å². The SMILES string of the molecule is Cc1ccc(CC(=O)NCC(C)C)cc1C. The van der Waals surface area contributed by atoms with Crippen molar-refractivity contribution in [3.63, 3.8) is 0 Å². The third-order valence-corrected chi connectivity index (χ3v) is 2.64. The van der Waals surface area contributed by atoms with Gasteiger partial charge in [-0.25, -0.2) is 0 Å². The van der Waals surface area contributed by atoms with Crippen molar-refractivity contribution in [2.24, 2.45) is 5.92 Å². The molecule has 0 unspecified atom stereocenters. The Morgan fingerprint density at radius 2 is 1.94 bits per heavy atom. The molecule has 1 rings (SSSR count). The van der Waals surface area contributed by atoms with Gasteiger partial charge in [0.1, 0.15) is 0 Å². The average Bonchev–Trinajstić information content (AvgIpc) is 2.21. The van der Waals surface area contributed by atoms with E-state index in [9.17, 15) is 4.79 Å². The van der Waals surface area contributed by atoms with Crippen LogP contribution < -0.4 is 5.32 Å². The molecule has 0 aliphatic rings. The number of hydrogen-bond donors (Lipinski definition) is 1. The zero-order chi connectivity index (χ0) is 12.1. The minimum atomic E-state index is 0.108. The lowest BCUT2D eigenvalue weighted by Crippen LogP contribution is -2.28. The molecule has 2 nitrogen and oxygen atoms in total. The van der Waals surface area contributed by atoms with Crippen molar-refractivity contribution < 1.29 is 4.79 Å². The molecule has 88 valence electrons. The van der Waals surface area contributed by atoms with Gasteiger partial charge in [0, 0.05) is 6.54 Å². The summed E-state index contributed by atoms with van der Waals surface area (Å²) in [6.07, 6.45) is 0.480. The largest absolute Gasteiger partial charge is 0.356 e. The lowest BCUT2D eigenvalue weighted by molar-refractivity contribution is -0.120. The molecule has 0 spiro atoms. The van der Waals surface area contributed by atoms with Gasteiger partial charge in [-0.2, -0.15) is 0 Å². The van der Waals surface area contributed by atoms with Crippen LogP contribution >= 0.6 is 0 Å². The summed E-state index contributed by atoms with van der Waals surface area (Å²) in [5, 5.41) is 2.93. The summed E-state index contributed by atoms with van der Waals surface area (Å²) in [6.45, 7) is 9.10. The zero-order valence-corrected chi connectivity index (χ0v) is 10.6. The molecule has 16 heavy (non-hydrogen) atoms. The van der Waals surface area contributed by atoms with Gasteiger partial charge in [-0.1, -0.05) is 32.0 Å². The Hall–Kier alpha value is -1.31. The lowest BCUT2D eigenvalue weighted by atomic mass is 10.0. The molecular formula is C14H21NO. The molecular weight excluding hydrogens is 198 g/mol. The van der Waals surface area contributed by atoms with Gasteiger partial charge in [0.15, 0.2) is 0 Å². The van der Waals surface area contributed by atoms with Crippen molar-refractivity contribution in [2.45, 2.75) is 34.1 Å². The van der Waals surface area contributed by atoms with Gasteiger partial charge in [-0.15, -0.1) is 0 Å². The first-order valence-corrected chi connectivity index (χ1v) is 5.82. The first-order chi connectivity index (χ1) is 7.49. The number of hydrogen-bond acceptors (Lipinski definition) is 1. The molecule has 2 heteroatoms. The molecule has 0 radical (unpaired) electrons. The van der Waals surface area contributed by atoms with E-state index in [1.807, 2.05) is 6.07 Å². The number of aryl methyl sites for hydroxylation is 2. The van der Waals surface area contributed by atoms with Crippen LogP contribution in [0.5, 0.6) is 0 Å². The molecule has 0 aromatic heterocycles. The Kier molecular flexibility index (Phi) is 4.53. The van der Waals surface area contributed by atoms with E-state index in [-0.39, 0.29) is 5.91 Å². The van der Waals surface area contributed by atoms with Crippen LogP contribution in [0, 0.1) is 19.8 Å². The van der Waals surface area contributed by atoms with Crippen LogP contribution in [0.3, 0.4) is 0 Å². The van der Waals surface area contributed by atoms with Crippen LogP contribution in [0.2, 0.25) is 0 Å². The normalized spacial score (nSPS) is 10.6. The summed E-state index contributed by atoms with van der Waals surface area (Å²) in [5.41, 5.74) is 3.60. The van der Waals surface area contributed by atoms with Crippen molar-refractivity contribution in [2.75, 3.05) is 6.54 Å². The van der Waals surface area contributed by atoms with Gasteiger partial charge in [0.2, 0.25) is 5.91 Å². The second-order valence-corrected chi connectivity index (χ2v) is 4.79. The minimum Gasteiger partial charge on any atom is -0.356 e. The smallest absolute Gasteiger partial charge is 0.224 e. The zero-order valence-electron chi connectivity index (χ0n) is 10.6. The first kappa shape index (κ1) is 12.8. The summed E-state index contributed by atoms with van der Waals surface area (Å²) in [5.74, 6) is 0.612. The van der Waals surface area contributed by atoms with Crippen LogP contribution in [0.25, 0.3) is 0 Å². The maximum absolute atomic E-state index is 11.6. The number of carbonyl (C=O) groups excluding carboxylic acids is 1. The Morgan fingerprint density at radius 3 is 2.50 bits per heavy atom. The van der Waals surface area contributed by atoms with E-state index in [0.717, 1.165) is 12.1 Å². The van der Waals surface area contributed by atoms with E-state index in [4.69, 9.17) is 0 Å². The second-order valence-electron chi connectivity index (χ2n) is 4.79. The van der Waals surface area contributed by atoms with Gasteiger partial charge < -0.3 is 5.32 Å². The number of rotatable bonds is 4. The molecule has 0 heterocycles. The van der Waals surface area contributed by atoms with Crippen molar-refractivity contribution in [3.05, 3.63) is 34.9 Å². The van der Waals surface area contributed by atoms with Gasteiger partial charge in [-0.05, 0) is 36.5 Å². The third-order valence-electron chi connectivity index (χ3n) is 2.64. The van der Waals surface area contributed by atoms with Crippen LogP contribution in [0.1, 0.15) is 30.5 Å². The second kappa shape index (κ2) is 5.69. The van der Waals surface area contributed by atoms with Gasteiger partial charge in [-0.3, -0.25) is 4.79 Å². The number of carbonyl (C=O) groups is 1. The maximum Gasteiger partial charge on any atom is 0.224 e. The summed E-state index contributed by atoms with van der Waals surface area (Å²) in [4.78, 5) is 11.6. The fraction of sp³-hybridized carbons (Fsp3) is 0.500. The highest BCUT2D eigenvalue weighted by Gasteiger charge is 2.04. The molecule has 1 N–H and O–H groups in total. The maximum atomic E-state index is 11.6. The Balaban J connectivity index is 2.53. The highest BCUT2D eigenvalue weighted by atomic mass is 16.1. The fourth-order valence-corrected chi connectivity index (χ4v) is 1.48. The Bertz CT molecular complexity index is 369. The predicted molar refractivity (Wildman–Crippen MR) is 67.5 cm³/mol. The van der Waals surface area contributed by atoms with Gasteiger partial charge in [0.05, 0.1) is 6.42 Å². The van der Waals surface area contributed by atoms with Crippen LogP contribution in [0.4, 0.5) is 0 Å².